The van der Waals surface area contributed by atoms with Gasteiger partial charge in [-0.05, 0) is 30.5 Å². The molecule has 0 aliphatic heterocycles. The molecular formula is C11H14O3. The highest BCUT2D eigenvalue weighted by atomic mass is 16.5. The van der Waals surface area contributed by atoms with E-state index in [0.717, 1.165) is 16.7 Å². The number of carbonyl (C=O) groups is 1. The first-order valence-corrected chi connectivity index (χ1v) is 4.39. The van der Waals surface area contributed by atoms with Crippen molar-refractivity contribution < 1.29 is 14.6 Å². The van der Waals surface area contributed by atoms with Crippen LogP contribution in [0.3, 0.4) is 0 Å². The van der Waals surface area contributed by atoms with Crippen LogP contribution < -0.4 is 0 Å². The minimum absolute atomic E-state index is 0.722. The second kappa shape index (κ2) is 4.24. The fourth-order valence-electron chi connectivity index (χ4n) is 1.42. The van der Waals surface area contributed by atoms with E-state index in [1.54, 1.807) is 6.07 Å². The van der Waals surface area contributed by atoms with Gasteiger partial charge in [0.25, 0.3) is 0 Å². The van der Waals surface area contributed by atoms with E-state index in [2.05, 4.69) is 0 Å². The van der Waals surface area contributed by atoms with Crippen molar-refractivity contribution in [2.75, 3.05) is 7.11 Å². The summed E-state index contributed by atoms with van der Waals surface area (Å²) in [7, 11) is 1.40. The Morgan fingerprint density at radius 2 is 2.07 bits per heavy atom. The molecule has 0 fully saturated rings. The Balaban J connectivity index is 3.16. The summed E-state index contributed by atoms with van der Waals surface area (Å²) in [4.78, 5) is 10.9. The molecule has 0 radical (unpaired) electrons. The summed E-state index contributed by atoms with van der Waals surface area (Å²) in [5.41, 5.74) is 2.77. The fourth-order valence-corrected chi connectivity index (χ4v) is 1.42. The van der Waals surface area contributed by atoms with E-state index in [1.807, 2.05) is 26.0 Å². The molecule has 1 aromatic carbocycles. The van der Waals surface area contributed by atoms with Crippen molar-refractivity contribution in [3.05, 3.63) is 34.9 Å². The maximum Gasteiger partial charge on any atom is 0.337 e. The lowest BCUT2D eigenvalue weighted by Crippen LogP contribution is -2.15. The average Bonchev–Trinajstić information content (AvgIpc) is 2.13. The van der Waals surface area contributed by atoms with Gasteiger partial charge in [0.05, 0.1) is 0 Å². The maximum atomic E-state index is 10.9. The molecule has 0 saturated heterocycles. The van der Waals surface area contributed by atoms with Crippen LogP contribution in [-0.2, 0) is 9.53 Å². The number of hydrogen-bond acceptors (Lipinski definition) is 2. The van der Waals surface area contributed by atoms with Crippen LogP contribution in [-0.4, -0.2) is 18.2 Å². The molecule has 1 atom stereocenters. The van der Waals surface area contributed by atoms with Crippen molar-refractivity contribution in [1.82, 2.24) is 0 Å². The number of aryl methyl sites for hydroxylation is 1. The highest BCUT2D eigenvalue weighted by Gasteiger charge is 2.20. The Kier molecular flexibility index (Phi) is 3.25. The summed E-state index contributed by atoms with van der Waals surface area (Å²) >= 11 is 0. The van der Waals surface area contributed by atoms with Gasteiger partial charge in [0.15, 0.2) is 6.10 Å². The van der Waals surface area contributed by atoms with Gasteiger partial charge < -0.3 is 9.84 Å². The van der Waals surface area contributed by atoms with E-state index < -0.39 is 12.1 Å². The molecular weight excluding hydrogens is 180 g/mol. The van der Waals surface area contributed by atoms with Crippen molar-refractivity contribution in [2.24, 2.45) is 0 Å². The highest BCUT2D eigenvalue weighted by molar-refractivity contribution is 5.75. The van der Waals surface area contributed by atoms with Crippen molar-refractivity contribution in [3.63, 3.8) is 0 Å². The first kappa shape index (κ1) is 10.7. The van der Waals surface area contributed by atoms with Crippen molar-refractivity contribution in [2.45, 2.75) is 20.0 Å². The molecule has 3 nitrogen and oxygen atoms in total. The Labute approximate surface area is 83.3 Å². The van der Waals surface area contributed by atoms with E-state index in [0.29, 0.717) is 0 Å². The third-order valence-electron chi connectivity index (χ3n) is 2.39. The third kappa shape index (κ3) is 1.93. The lowest BCUT2D eigenvalue weighted by atomic mass is 9.99. The van der Waals surface area contributed by atoms with Crippen LogP contribution in [0.4, 0.5) is 0 Å². The zero-order valence-electron chi connectivity index (χ0n) is 8.57. The number of aliphatic carboxylic acids is 1. The van der Waals surface area contributed by atoms with E-state index >= 15 is 0 Å². The maximum absolute atomic E-state index is 10.9. The Morgan fingerprint density at radius 3 is 2.57 bits per heavy atom. The molecule has 1 N–H and O–H groups in total. The van der Waals surface area contributed by atoms with Crippen LogP contribution in [0.25, 0.3) is 0 Å². The summed E-state index contributed by atoms with van der Waals surface area (Å²) in [5, 5.41) is 8.92. The van der Waals surface area contributed by atoms with Gasteiger partial charge in [0.1, 0.15) is 0 Å². The van der Waals surface area contributed by atoms with E-state index in [9.17, 15) is 4.79 Å². The van der Waals surface area contributed by atoms with Gasteiger partial charge in [0, 0.05) is 7.11 Å². The summed E-state index contributed by atoms with van der Waals surface area (Å²) in [6, 6.07) is 5.57. The molecule has 0 saturated carbocycles. The smallest absolute Gasteiger partial charge is 0.337 e. The largest absolute Gasteiger partial charge is 0.479 e. The van der Waals surface area contributed by atoms with Crippen molar-refractivity contribution in [1.29, 1.82) is 0 Å². The topological polar surface area (TPSA) is 46.5 Å². The number of benzene rings is 1. The molecule has 0 heterocycles. The second-order valence-electron chi connectivity index (χ2n) is 3.24. The van der Waals surface area contributed by atoms with Gasteiger partial charge in [-0.2, -0.15) is 0 Å². The Hall–Kier alpha value is -1.35. The Bertz CT molecular complexity index is 344. The van der Waals surface area contributed by atoms with Crippen LogP contribution in [0, 0.1) is 13.8 Å². The lowest BCUT2D eigenvalue weighted by Gasteiger charge is -2.14. The monoisotopic (exact) mass is 194 g/mol. The van der Waals surface area contributed by atoms with Gasteiger partial charge in [-0.15, -0.1) is 0 Å². The number of carboxylic acids is 1. The van der Waals surface area contributed by atoms with Crippen LogP contribution in [0.1, 0.15) is 22.8 Å². The molecule has 1 unspecified atom stereocenters. The number of hydrogen-bond donors (Lipinski definition) is 1. The molecule has 0 aromatic heterocycles. The van der Waals surface area contributed by atoms with Crippen molar-refractivity contribution >= 4 is 5.97 Å². The Morgan fingerprint density at radius 1 is 1.43 bits per heavy atom. The molecule has 0 spiro atoms. The predicted molar refractivity (Wildman–Crippen MR) is 53.3 cm³/mol. The first-order valence-electron chi connectivity index (χ1n) is 4.39. The van der Waals surface area contributed by atoms with Crippen LogP contribution in [0.15, 0.2) is 18.2 Å². The molecule has 0 aliphatic carbocycles. The fraction of sp³-hybridized carbons (Fsp3) is 0.364. The molecule has 0 aliphatic rings. The third-order valence-corrected chi connectivity index (χ3v) is 2.39. The number of ether oxygens (including phenoxy) is 1. The molecule has 76 valence electrons. The van der Waals surface area contributed by atoms with E-state index in [4.69, 9.17) is 9.84 Å². The second-order valence-corrected chi connectivity index (χ2v) is 3.24. The minimum Gasteiger partial charge on any atom is -0.479 e. The van der Waals surface area contributed by atoms with Crippen molar-refractivity contribution in [3.8, 4) is 0 Å². The average molecular weight is 194 g/mol. The zero-order chi connectivity index (χ0) is 10.7. The van der Waals surface area contributed by atoms with E-state index in [-0.39, 0.29) is 0 Å². The SMILES string of the molecule is COC(C(=O)O)c1cccc(C)c1C. The summed E-state index contributed by atoms with van der Waals surface area (Å²) in [6.07, 6.45) is -0.866. The summed E-state index contributed by atoms with van der Waals surface area (Å²) in [5.74, 6) is -0.957. The minimum atomic E-state index is -0.957. The lowest BCUT2D eigenvalue weighted by molar-refractivity contribution is -0.148. The quantitative estimate of drug-likeness (QED) is 0.801. The van der Waals surface area contributed by atoms with Crippen LogP contribution in [0.2, 0.25) is 0 Å². The molecule has 3 heteroatoms. The first-order chi connectivity index (χ1) is 6.57. The number of carboxylic acid groups (broad SMARTS) is 1. The zero-order valence-corrected chi connectivity index (χ0v) is 8.57. The van der Waals surface area contributed by atoms with E-state index in [1.165, 1.54) is 7.11 Å². The molecule has 0 bridgehead atoms. The van der Waals surface area contributed by atoms with Gasteiger partial charge in [-0.3, -0.25) is 0 Å². The molecule has 14 heavy (non-hydrogen) atoms. The van der Waals surface area contributed by atoms with Gasteiger partial charge >= 0.3 is 5.97 Å². The standard InChI is InChI=1S/C11H14O3/c1-7-5-4-6-9(8(7)2)10(14-3)11(12)13/h4-6,10H,1-3H3,(H,12,13). The van der Waals surface area contributed by atoms with Gasteiger partial charge in [-0.1, -0.05) is 18.2 Å². The van der Waals surface area contributed by atoms with Crippen LogP contribution in [0.5, 0.6) is 0 Å². The van der Waals surface area contributed by atoms with Gasteiger partial charge in [-0.25, -0.2) is 4.79 Å². The highest BCUT2D eigenvalue weighted by Crippen LogP contribution is 2.22. The molecule has 1 rings (SSSR count). The van der Waals surface area contributed by atoms with Gasteiger partial charge in [0.2, 0.25) is 0 Å². The molecule has 0 amide bonds. The summed E-state index contributed by atoms with van der Waals surface area (Å²) < 4.78 is 4.93. The normalized spacial score (nSPS) is 12.5. The van der Waals surface area contributed by atoms with Crippen LogP contribution >= 0.6 is 0 Å². The summed E-state index contributed by atoms with van der Waals surface area (Å²) in [6.45, 7) is 3.85. The number of methoxy groups -OCH3 is 1. The molecule has 1 aromatic rings. The predicted octanol–water partition coefficient (Wildman–Crippen LogP) is 2.08. The number of rotatable bonds is 3.